The summed E-state index contributed by atoms with van der Waals surface area (Å²) in [5, 5.41) is 0. The van der Waals surface area contributed by atoms with Gasteiger partial charge in [0.2, 0.25) is 10.0 Å². The summed E-state index contributed by atoms with van der Waals surface area (Å²) < 4.78 is 26.2. The molecule has 0 unspecified atom stereocenters. The molecule has 4 nitrogen and oxygen atoms in total. The Hall–Kier alpha value is -1.20. The third-order valence-electron chi connectivity index (χ3n) is 3.95. The molecule has 1 aliphatic carbocycles. The average Bonchev–Trinajstić information content (AvgIpc) is 2.85. The molecular formula is C14H17NO3S. The number of rotatable bonds is 2. The van der Waals surface area contributed by atoms with Crippen molar-refractivity contribution in [3.8, 4) is 0 Å². The molecule has 1 saturated heterocycles. The lowest BCUT2D eigenvalue weighted by Crippen LogP contribution is -2.29. The van der Waals surface area contributed by atoms with Gasteiger partial charge in [-0.2, -0.15) is 4.31 Å². The van der Waals surface area contributed by atoms with Crippen molar-refractivity contribution in [2.75, 3.05) is 13.1 Å². The van der Waals surface area contributed by atoms with E-state index in [9.17, 15) is 13.2 Å². The van der Waals surface area contributed by atoms with Crippen LogP contribution in [0.2, 0.25) is 0 Å². The molecule has 1 aromatic rings. The molecule has 1 fully saturated rings. The number of hydrogen-bond acceptors (Lipinski definition) is 3. The molecule has 3 rings (SSSR count). The number of aryl methyl sites for hydroxylation is 2. The van der Waals surface area contributed by atoms with Gasteiger partial charge in [0.25, 0.3) is 0 Å². The highest BCUT2D eigenvalue weighted by Gasteiger charge is 2.31. The zero-order valence-corrected chi connectivity index (χ0v) is 11.6. The lowest BCUT2D eigenvalue weighted by molar-refractivity contribution is -0.116. The maximum atomic E-state index is 12.4. The summed E-state index contributed by atoms with van der Waals surface area (Å²) in [5.41, 5.74) is 2.42. The van der Waals surface area contributed by atoms with E-state index in [-0.39, 0.29) is 12.3 Å². The fourth-order valence-electron chi connectivity index (χ4n) is 2.83. The Labute approximate surface area is 113 Å². The second-order valence-corrected chi connectivity index (χ2v) is 7.20. The van der Waals surface area contributed by atoms with Crippen molar-refractivity contribution in [1.29, 1.82) is 0 Å². The fourth-order valence-corrected chi connectivity index (χ4v) is 4.30. The first-order valence-electron chi connectivity index (χ1n) is 6.71. The van der Waals surface area contributed by atoms with Crippen molar-refractivity contribution in [2.24, 2.45) is 0 Å². The van der Waals surface area contributed by atoms with Crippen LogP contribution in [0.4, 0.5) is 0 Å². The van der Waals surface area contributed by atoms with Crippen LogP contribution in [0.3, 0.4) is 0 Å². The smallest absolute Gasteiger partial charge is 0.243 e. The van der Waals surface area contributed by atoms with E-state index in [4.69, 9.17) is 0 Å². The molecule has 2 aliphatic rings. The third kappa shape index (κ3) is 2.32. The minimum Gasteiger partial charge on any atom is -0.298 e. The van der Waals surface area contributed by atoms with Crippen molar-refractivity contribution >= 4 is 15.8 Å². The third-order valence-corrected chi connectivity index (χ3v) is 5.79. The Morgan fingerprint density at radius 2 is 1.74 bits per heavy atom. The zero-order valence-electron chi connectivity index (χ0n) is 10.8. The molecule has 1 aliphatic heterocycles. The van der Waals surface area contributed by atoms with Crippen LogP contribution in [-0.4, -0.2) is 31.6 Å². The van der Waals surface area contributed by atoms with Crippen LogP contribution >= 0.6 is 0 Å². The Bertz CT molecular complexity index is 622. The van der Waals surface area contributed by atoms with Crippen molar-refractivity contribution in [2.45, 2.75) is 37.0 Å². The lowest BCUT2D eigenvalue weighted by atomic mass is 9.92. The Morgan fingerprint density at radius 1 is 1.00 bits per heavy atom. The summed E-state index contributed by atoms with van der Waals surface area (Å²) in [4.78, 5) is 11.6. The molecule has 1 heterocycles. The summed E-state index contributed by atoms with van der Waals surface area (Å²) in [5.74, 6) is 0.00142. The highest BCUT2D eigenvalue weighted by molar-refractivity contribution is 7.89. The monoisotopic (exact) mass is 279 g/mol. The maximum Gasteiger partial charge on any atom is 0.243 e. The molecule has 0 amide bonds. The molecule has 0 bridgehead atoms. The Kier molecular flexibility index (Phi) is 3.19. The number of fused-ring (bicyclic) bond motifs is 1. The molecule has 0 radical (unpaired) electrons. The van der Waals surface area contributed by atoms with E-state index in [1.807, 2.05) is 6.07 Å². The Balaban J connectivity index is 1.95. The molecule has 19 heavy (non-hydrogen) atoms. The van der Waals surface area contributed by atoms with E-state index in [2.05, 4.69) is 0 Å². The van der Waals surface area contributed by atoms with Crippen molar-refractivity contribution in [3.05, 3.63) is 29.3 Å². The van der Waals surface area contributed by atoms with E-state index in [0.717, 1.165) is 24.8 Å². The number of ketones is 1. The second kappa shape index (κ2) is 4.72. The molecule has 0 aromatic heterocycles. The van der Waals surface area contributed by atoms with Gasteiger partial charge in [0.15, 0.2) is 0 Å². The van der Waals surface area contributed by atoms with Gasteiger partial charge in [-0.15, -0.1) is 0 Å². The predicted molar refractivity (Wildman–Crippen MR) is 71.5 cm³/mol. The van der Waals surface area contributed by atoms with E-state index < -0.39 is 10.0 Å². The van der Waals surface area contributed by atoms with Crippen LogP contribution in [0.15, 0.2) is 23.1 Å². The molecule has 1 aromatic carbocycles. The quantitative estimate of drug-likeness (QED) is 0.825. The molecular weight excluding hydrogens is 262 g/mol. The fraction of sp³-hybridized carbons (Fsp3) is 0.500. The summed E-state index contributed by atoms with van der Waals surface area (Å²) in [6, 6.07) is 5.41. The van der Waals surface area contributed by atoms with Crippen LogP contribution in [0.25, 0.3) is 0 Å². The number of Topliss-reactive ketones (excluding diaryl/α,β-unsaturated/α-hetero) is 1. The number of sulfonamides is 1. The van der Waals surface area contributed by atoms with E-state index in [1.165, 1.54) is 16.3 Å². The highest BCUT2D eigenvalue weighted by Crippen LogP contribution is 2.26. The van der Waals surface area contributed by atoms with Crippen molar-refractivity contribution < 1.29 is 13.2 Å². The number of nitrogens with zero attached hydrogens (tertiary/aromatic N) is 1. The molecule has 0 spiro atoms. The first-order valence-corrected chi connectivity index (χ1v) is 8.15. The standard InChI is InChI=1S/C14H17NO3S/c16-13-7-8-15(10-13)19(17,18)14-6-5-11-3-1-2-4-12(11)9-14/h5-6,9H,1-4,7-8,10H2. The van der Waals surface area contributed by atoms with Gasteiger partial charge in [-0.1, -0.05) is 6.07 Å². The first-order chi connectivity index (χ1) is 9.07. The highest BCUT2D eigenvalue weighted by atomic mass is 32.2. The SMILES string of the molecule is O=C1CCN(S(=O)(=O)c2ccc3c(c2)CCCC3)C1. The zero-order chi connectivity index (χ0) is 13.5. The molecule has 0 atom stereocenters. The van der Waals surface area contributed by atoms with Crippen molar-refractivity contribution in [1.82, 2.24) is 4.31 Å². The van der Waals surface area contributed by atoms with Crippen molar-refractivity contribution in [3.63, 3.8) is 0 Å². The van der Waals surface area contributed by atoms with Gasteiger partial charge in [0.1, 0.15) is 5.78 Å². The van der Waals surface area contributed by atoms with Gasteiger partial charge >= 0.3 is 0 Å². The number of benzene rings is 1. The van der Waals surface area contributed by atoms with Gasteiger partial charge < -0.3 is 0 Å². The normalized spacial score (nSPS) is 20.5. The number of carbonyl (C=O) groups is 1. The lowest BCUT2D eigenvalue weighted by Gasteiger charge is -2.19. The first kappa shape index (κ1) is 12.8. The van der Waals surface area contributed by atoms with E-state index >= 15 is 0 Å². The number of carbonyl (C=O) groups excluding carboxylic acids is 1. The largest absolute Gasteiger partial charge is 0.298 e. The van der Waals surface area contributed by atoms with Gasteiger partial charge in [-0.3, -0.25) is 4.79 Å². The molecule has 0 saturated carbocycles. The van der Waals surface area contributed by atoms with E-state index in [0.29, 0.717) is 17.9 Å². The van der Waals surface area contributed by atoms with Crippen LogP contribution in [0.1, 0.15) is 30.4 Å². The summed E-state index contributed by atoms with van der Waals surface area (Å²) in [6.45, 7) is 0.345. The predicted octanol–water partition coefficient (Wildman–Crippen LogP) is 1.53. The molecule has 0 N–H and O–H groups in total. The Morgan fingerprint density at radius 3 is 2.42 bits per heavy atom. The number of hydrogen-bond donors (Lipinski definition) is 0. The minimum absolute atomic E-state index is 0.00142. The summed E-state index contributed by atoms with van der Waals surface area (Å²) in [6.07, 6.45) is 4.64. The summed E-state index contributed by atoms with van der Waals surface area (Å²) >= 11 is 0. The summed E-state index contributed by atoms with van der Waals surface area (Å²) in [7, 11) is -3.49. The van der Waals surface area contributed by atoms with Gasteiger partial charge in [0.05, 0.1) is 11.4 Å². The second-order valence-electron chi connectivity index (χ2n) is 5.26. The van der Waals surface area contributed by atoms with Gasteiger partial charge in [0, 0.05) is 13.0 Å². The molecule has 102 valence electrons. The average molecular weight is 279 g/mol. The van der Waals surface area contributed by atoms with Crippen LogP contribution < -0.4 is 0 Å². The van der Waals surface area contributed by atoms with Crippen LogP contribution in [0.5, 0.6) is 0 Å². The van der Waals surface area contributed by atoms with Crippen LogP contribution in [0, 0.1) is 0 Å². The van der Waals surface area contributed by atoms with Gasteiger partial charge in [-0.25, -0.2) is 8.42 Å². The molecule has 5 heteroatoms. The topological polar surface area (TPSA) is 54.5 Å². The van der Waals surface area contributed by atoms with Crippen LogP contribution in [-0.2, 0) is 27.7 Å². The van der Waals surface area contributed by atoms with E-state index in [1.54, 1.807) is 12.1 Å². The minimum atomic E-state index is -3.49. The van der Waals surface area contributed by atoms with Gasteiger partial charge in [-0.05, 0) is 48.9 Å². The maximum absolute atomic E-state index is 12.4.